The number of hydrogen-bond acceptors (Lipinski definition) is 5. The highest BCUT2D eigenvalue weighted by Crippen LogP contribution is 2.35. The Morgan fingerprint density at radius 3 is 2.41 bits per heavy atom. The zero-order chi connectivity index (χ0) is 20.1. The Kier molecular flexibility index (Phi) is 6.57. The molecular formula is C19H20N2O5S. The zero-order valence-corrected chi connectivity index (χ0v) is 16.0. The van der Waals surface area contributed by atoms with Gasteiger partial charge in [-0.3, -0.25) is 19.7 Å². The number of aryl methyl sites for hydroxylation is 1. The molecule has 0 heterocycles. The van der Waals surface area contributed by atoms with E-state index in [4.69, 9.17) is 5.11 Å². The van der Waals surface area contributed by atoms with Crippen LogP contribution >= 0.6 is 11.8 Å². The van der Waals surface area contributed by atoms with Crippen molar-refractivity contribution >= 4 is 29.3 Å². The first-order chi connectivity index (χ1) is 12.7. The maximum absolute atomic E-state index is 12.5. The van der Waals surface area contributed by atoms with Crippen molar-refractivity contribution in [3.05, 3.63) is 63.7 Å². The molecule has 142 valence electrons. The number of hydrogen-bond donors (Lipinski definition) is 1. The molecule has 7 nitrogen and oxygen atoms in total. The normalized spacial score (nSPS) is 11.7. The van der Waals surface area contributed by atoms with Crippen molar-refractivity contribution in [2.45, 2.75) is 23.6 Å². The topological polar surface area (TPSA) is 101 Å². The van der Waals surface area contributed by atoms with Crippen molar-refractivity contribution in [1.29, 1.82) is 0 Å². The first-order valence-electron chi connectivity index (χ1n) is 8.20. The number of nitrogens with zero attached hydrogens (tertiary/aromatic N) is 2. The van der Waals surface area contributed by atoms with Crippen molar-refractivity contribution in [2.24, 2.45) is 5.92 Å². The molecule has 8 heteroatoms. The van der Waals surface area contributed by atoms with Gasteiger partial charge in [0.15, 0.2) is 0 Å². The summed E-state index contributed by atoms with van der Waals surface area (Å²) in [4.78, 5) is 36.9. The molecule has 0 aliphatic rings. The Morgan fingerprint density at radius 2 is 1.85 bits per heavy atom. The summed E-state index contributed by atoms with van der Waals surface area (Å²) in [6, 6.07) is 11.9. The predicted octanol–water partition coefficient (Wildman–Crippen LogP) is 3.85. The molecule has 0 saturated heterocycles. The molecule has 1 amide bonds. The first-order valence-corrected chi connectivity index (χ1v) is 9.02. The number of amides is 1. The lowest BCUT2D eigenvalue weighted by atomic mass is 10.1. The third-order valence-electron chi connectivity index (χ3n) is 3.97. The third kappa shape index (κ3) is 5.30. The fourth-order valence-electron chi connectivity index (χ4n) is 2.40. The summed E-state index contributed by atoms with van der Waals surface area (Å²) in [6.45, 7) is 3.47. The molecule has 0 aromatic heterocycles. The number of carbonyl (C=O) groups is 2. The molecule has 0 fully saturated rings. The average Bonchev–Trinajstić information content (AvgIpc) is 2.62. The molecule has 0 saturated carbocycles. The largest absolute Gasteiger partial charge is 0.481 e. The van der Waals surface area contributed by atoms with Crippen LogP contribution in [-0.2, 0) is 4.79 Å². The number of benzene rings is 2. The lowest BCUT2D eigenvalue weighted by Gasteiger charge is -2.19. The first kappa shape index (κ1) is 20.4. The highest BCUT2D eigenvalue weighted by atomic mass is 32.2. The van der Waals surface area contributed by atoms with E-state index in [9.17, 15) is 19.7 Å². The highest BCUT2D eigenvalue weighted by Gasteiger charge is 2.22. The fourth-order valence-corrected chi connectivity index (χ4v) is 3.31. The summed E-state index contributed by atoms with van der Waals surface area (Å²) in [5, 5.41) is 20.4. The van der Waals surface area contributed by atoms with Gasteiger partial charge in [0, 0.05) is 30.1 Å². The van der Waals surface area contributed by atoms with Gasteiger partial charge in [0.1, 0.15) is 0 Å². The van der Waals surface area contributed by atoms with E-state index in [2.05, 4.69) is 0 Å². The van der Waals surface area contributed by atoms with Crippen LogP contribution in [0.25, 0.3) is 0 Å². The van der Waals surface area contributed by atoms with E-state index >= 15 is 0 Å². The number of carboxylic acid groups (broad SMARTS) is 1. The van der Waals surface area contributed by atoms with Crippen LogP contribution in [0.4, 0.5) is 5.69 Å². The van der Waals surface area contributed by atoms with Gasteiger partial charge in [-0.25, -0.2) is 0 Å². The summed E-state index contributed by atoms with van der Waals surface area (Å²) < 4.78 is 0. The minimum absolute atomic E-state index is 0.0157. The van der Waals surface area contributed by atoms with Crippen LogP contribution in [0, 0.1) is 23.0 Å². The van der Waals surface area contributed by atoms with E-state index in [1.54, 1.807) is 6.07 Å². The van der Waals surface area contributed by atoms with E-state index in [0.29, 0.717) is 4.90 Å². The van der Waals surface area contributed by atoms with E-state index in [0.717, 1.165) is 10.5 Å². The molecule has 1 atom stereocenters. The van der Waals surface area contributed by atoms with Crippen LogP contribution in [-0.4, -0.2) is 40.4 Å². The van der Waals surface area contributed by atoms with Gasteiger partial charge < -0.3 is 10.0 Å². The molecule has 27 heavy (non-hydrogen) atoms. The predicted molar refractivity (Wildman–Crippen MR) is 102 cm³/mol. The molecule has 0 radical (unpaired) electrons. The smallest absolute Gasteiger partial charge is 0.308 e. The van der Waals surface area contributed by atoms with E-state index in [1.807, 2.05) is 31.2 Å². The lowest BCUT2D eigenvalue weighted by molar-refractivity contribution is -0.387. The number of carbonyl (C=O) groups excluding carboxylic acids is 1. The molecule has 2 aromatic rings. The maximum atomic E-state index is 12.5. The Morgan fingerprint density at radius 1 is 1.22 bits per heavy atom. The van der Waals surface area contributed by atoms with Crippen LogP contribution < -0.4 is 0 Å². The van der Waals surface area contributed by atoms with Gasteiger partial charge >= 0.3 is 5.97 Å². The summed E-state index contributed by atoms with van der Waals surface area (Å²) in [5.41, 5.74) is 1.08. The Labute approximate surface area is 161 Å². The highest BCUT2D eigenvalue weighted by molar-refractivity contribution is 7.99. The van der Waals surface area contributed by atoms with Gasteiger partial charge in [-0.2, -0.15) is 0 Å². The summed E-state index contributed by atoms with van der Waals surface area (Å²) in [7, 11) is 1.47. The van der Waals surface area contributed by atoms with Crippen LogP contribution in [0.3, 0.4) is 0 Å². The molecule has 2 rings (SSSR count). The van der Waals surface area contributed by atoms with E-state index in [-0.39, 0.29) is 17.8 Å². The van der Waals surface area contributed by atoms with Crippen molar-refractivity contribution in [2.75, 3.05) is 13.6 Å². The molecule has 1 N–H and O–H groups in total. The van der Waals surface area contributed by atoms with E-state index in [1.165, 1.54) is 42.8 Å². The van der Waals surface area contributed by atoms with Crippen molar-refractivity contribution in [3.8, 4) is 0 Å². The summed E-state index contributed by atoms with van der Waals surface area (Å²) >= 11 is 1.25. The van der Waals surface area contributed by atoms with Gasteiger partial charge in [-0.1, -0.05) is 36.4 Å². The van der Waals surface area contributed by atoms with Gasteiger partial charge in [0.25, 0.3) is 11.6 Å². The minimum atomic E-state index is -1.01. The number of nitro groups is 1. The molecule has 1 unspecified atom stereocenters. The molecular weight excluding hydrogens is 368 g/mol. The lowest BCUT2D eigenvalue weighted by Crippen LogP contribution is -2.33. The van der Waals surface area contributed by atoms with Crippen LogP contribution in [0.2, 0.25) is 0 Å². The van der Waals surface area contributed by atoms with Crippen molar-refractivity contribution in [3.63, 3.8) is 0 Å². The standard InChI is InChI=1S/C19H20N2O5S/c1-12-4-7-15(8-5-12)27-17-9-6-14(10-16(17)21(25)26)18(22)20(3)11-13(2)19(23)24/h4-10,13H,11H2,1-3H3,(H,23,24). The number of nitro benzene ring substituents is 1. The van der Waals surface area contributed by atoms with Gasteiger partial charge in [0.2, 0.25) is 0 Å². The molecule has 0 spiro atoms. The molecule has 0 aliphatic heterocycles. The quantitative estimate of drug-likeness (QED) is 0.571. The molecule has 2 aromatic carbocycles. The summed E-state index contributed by atoms with van der Waals surface area (Å²) in [6.07, 6.45) is 0. The Balaban J connectivity index is 2.26. The number of carboxylic acids is 1. The second kappa shape index (κ2) is 8.68. The van der Waals surface area contributed by atoms with Gasteiger partial charge in [0.05, 0.1) is 15.7 Å². The second-order valence-corrected chi connectivity index (χ2v) is 7.40. The zero-order valence-electron chi connectivity index (χ0n) is 15.2. The fraction of sp³-hybridized carbons (Fsp3) is 0.263. The third-order valence-corrected chi connectivity index (χ3v) is 5.04. The number of rotatable bonds is 7. The van der Waals surface area contributed by atoms with E-state index < -0.39 is 22.7 Å². The van der Waals surface area contributed by atoms with Crippen molar-refractivity contribution in [1.82, 2.24) is 4.90 Å². The monoisotopic (exact) mass is 388 g/mol. The van der Waals surface area contributed by atoms with Gasteiger partial charge in [-0.15, -0.1) is 0 Å². The van der Waals surface area contributed by atoms with Crippen molar-refractivity contribution < 1.29 is 19.6 Å². The van der Waals surface area contributed by atoms with Gasteiger partial charge in [-0.05, 0) is 31.2 Å². The van der Waals surface area contributed by atoms with Crippen LogP contribution in [0.1, 0.15) is 22.8 Å². The Bertz CT molecular complexity index is 867. The molecule has 0 bridgehead atoms. The number of aliphatic carboxylic acids is 1. The molecule has 0 aliphatic carbocycles. The second-order valence-electron chi connectivity index (χ2n) is 6.28. The van der Waals surface area contributed by atoms with Crippen LogP contribution in [0.15, 0.2) is 52.3 Å². The SMILES string of the molecule is Cc1ccc(Sc2ccc(C(=O)N(C)CC(C)C(=O)O)cc2[N+](=O)[O-])cc1. The summed E-state index contributed by atoms with van der Waals surface area (Å²) in [5.74, 6) is -2.20. The maximum Gasteiger partial charge on any atom is 0.308 e. The van der Waals surface area contributed by atoms with Crippen LogP contribution in [0.5, 0.6) is 0 Å². The minimum Gasteiger partial charge on any atom is -0.481 e. The average molecular weight is 388 g/mol. The Hall–Kier alpha value is -2.87.